The van der Waals surface area contributed by atoms with Crippen molar-refractivity contribution in [1.29, 1.82) is 0 Å². The van der Waals surface area contributed by atoms with Crippen molar-refractivity contribution in [2.45, 2.75) is 19.8 Å². The van der Waals surface area contributed by atoms with Gasteiger partial charge in [-0.05, 0) is 12.0 Å². The Morgan fingerprint density at radius 2 is 2.17 bits per heavy atom. The summed E-state index contributed by atoms with van der Waals surface area (Å²) in [5.41, 5.74) is 0.747. The summed E-state index contributed by atoms with van der Waals surface area (Å²) in [6.07, 6.45) is 1.82. The molecule has 0 aliphatic heterocycles. The summed E-state index contributed by atoms with van der Waals surface area (Å²) in [4.78, 5) is 11.1. The van der Waals surface area contributed by atoms with Gasteiger partial charge in [-0.25, -0.2) is 0 Å². The van der Waals surface area contributed by atoms with E-state index in [0.717, 1.165) is 18.4 Å². The quantitative estimate of drug-likeness (QED) is 0.715. The molecule has 1 aromatic heterocycles. The summed E-state index contributed by atoms with van der Waals surface area (Å²) in [5.74, 6) is 0.0333. The molecule has 0 unspecified atom stereocenters. The van der Waals surface area contributed by atoms with Crippen LogP contribution in [0.2, 0.25) is 0 Å². The summed E-state index contributed by atoms with van der Waals surface area (Å²) in [6, 6.07) is 3.19. The predicted octanol–water partition coefficient (Wildman–Crippen LogP) is 1.04. The second-order valence-electron chi connectivity index (χ2n) is 2.87. The Morgan fingerprint density at radius 3 is 2.67 bits per heavy atom. The molecule has 0 saturated heterocycles. The van der Waals surface area contributed by atoms with Crippen LogP contribution in [0.15, 0.2) is 16.9 Å². The van der Waals surface area contributed by atoms with Crippen LogP contribution in [0.4, 0.5) is 0 Å². The zero-order valence-electron chi connectivity index (χ0n) is 7.37. The van der Waals surface area contributed by atoms with Crippen LogP contribution < -0.4 is 5.56 Å². The van der Waals surface area contributed by atoms with Gasteiger partial charge in [0.05, 0.1) is 0 Å². The van der Waals surface area contributed by atoms with Gasteiger partial charge in [-0.1, -0.05) is 13.3 Å². The van der Waals surface area contributed by atoms with Gasteiger partial charge in [-0.2, -0.15) is 0 Å². The van der Waals surface area contributed by atoms with Crippen LogP contribution >= 0.6 is 0 Å². The molecular formula is C9H13NO2. The third-order valence-corrected chi connectivity index (χ3v) is 1.84. The monoisotopic (exact) mass is 167 g/mol. The van der Waals surface area contributed by atoms with Crippen molar-refractivity contribution < 1.29 is 5.11 Å². The van der Waals surface area contributed by atoms with Crippen LogP contribution in [-0.2, 0) is 13.5 Å². The van der Waals surface area contributed by atoms with Crippen molar-refractivity contribution in [2.24, 2.45) is 7.05 Å². The number of hydrogen-bond donors (Lipinski definition) is 1. The summed E-state index contributed by atoms with van der Waals surface area (Å²) in [5, 5.41) is 9.27. The van der Waals surface area contributed by atoms with E-state index in [-0.39, 0.29) is 11.4 Å². The fourth-order valence-electron chi connectivity index (χ4n) is 1.11. The molecule has 0 radical (unpaired) electrons. The maximum Gasteiger partial charge on any atom is 0.253 e. The molecule has 1 aromatic rings. The molecule has 0 fully saturated rings. The van der Waals surface area contributed by atoms with Gasteiger partial charge in [0.25, 0.3) is 5.56 Å². The number of pyridine rings is 1. The predicted molar refractivity (Wildman–Crippen MR) is 47.3 cm³/mol. The minimum Gasteiger partial charge on any atom is -0.494 e. The van der Waals surface area contributed by atoms with E-state index >= 15 is 0 Å². The number of rotatable bonds is 2. The van der Waals surface area contributed by atoms with Crippen LogP contribution in [0.25, 0.3) is 0 Å². The van der Waals surface area contributed by atoms with E-state index in [9.17, 15) is 9.90 Å². The van der Waals surface area contributed by atoms with Crippen LogP contribution in [-0.4, -0.2) is 9.67 Å². The summed E-state index contributed by atoms with van der Waals surface area (Å²) in [7, 11) is 1.55. The molecule has 0 aliphatic carbocycles. The van der Waals surface area contributed by atoms with Crippen molar-refractivity contribution in [3.63, 3.8) is 0 Å². The standard InChI is InChI=1S/C9H13NO2/c1-3-4-7-5-8(11)10(2)9(12)6-7/h5-6,11H,3-4H2,1-2H3. The van der Waals surface area contributed by atoms with Crippen molar-refractivity contribution in [3.05, 3.63) is 28.0 Å². The molecule has 0 atom stereocenters. The molecule has 3 nitrogen and oxygen atoms in total. The Kier molecular flexibility index (Phi) is 2.53. The van der Waals surface area contributed by atoms with Gasteiger partial charge < -0.3 is 5.11 Å². The summed E-state index contributed by atoms with van der Waals surface area (Å²) < 4.78 is 1.22. The summed E-state index contributed by atoms with van der Waals surface area (Å²) >= 11 is 0. The maximum absolute atomic E-state index is 11.1. The first-order chi connectivity index (χ1) is 5.65. The molecular weight excluding hydrogens is 154 g/mol. The molecule has 0 aliphatic rings. The summed E-state index contributed by atoms with van der Waals surface area (Å²) in [6.45, 7) is 2.04. The number of aromatic hydroxyl groups is 1. The molecule has 0 bridgehead atoms. The minimum atomic E-state index is -0.154. The average molecular weight is 167 g/mol. The minimum absolute atomic E-state index is 0.0333. The maximum atomic E-state index is 11.1. The number of aromatic nitrogens is 1. The van der Waals surface area contributed by atoms with Gasteiger partial charge in [0.1, 0.15) is 0 Å². The number of aryl methyl sites for hydroxylation is 1. The molecule has 1 heterocycles. The van der Waals surface area contributed by atoms with E-state index in [1.165, 1.54) is 4.57 Å². The third kappa shape index (κ3) is 1.67. The lowest BCUT2D eigenvalue weighted by Gasteiger charge is -2.03. The van der Waals surface area contributed by atoms with Gasteiger partial charge >= 0.3 is 0 Å². The number of hydrogen-bond acceptors (Lipinski definition) is 2. The second kappa shape index (κ2) is 3.43. The Bertz CT molecular complexity index is 328. The van der Waals surface area contributed by atoms with E-state index in [0.29, 0.717) is 0 Å². The normalized spacial score (nSPS) is 10.2. The fraction of sp³-hybridized carbons (Fsp3) is 0.444. The molecule has 66 valence electrons. The molecule has 0 spiro atoms. The molecule has 0 saturated carbocycles. The zero-order chi connectivity index (χ0) is 9.14. The highest BCUT2D eigenvalue weighted by Crippen LogP contribution is 2.08. The van der Waals surface area contributed by atoms with E-state index in [1.54, 1.807) is 19.2 Å². The Labute approximate surface area is 71.3 Å². The first-order valence-corrected chi connectivity index (χ1v) is 4.04. The molecule has 0 amide bonds. The second-order valence-corrected chi connectivity index (χ2v) is 2.87. The average Bonchev–Trinajstić information content (AvgIpc) is 2.01. The van der Waals surface area contributed by atoms with Crippen molar-refractivity contribution in [1.82, 2.24) is 4.57 Å². The molecule has 12 heavy (non-hydrogen) atoms. The topological polar surface area (TPSA) is 42.2 Å². The lowest BCUT2D eigenvalue weighted by atomic mass is 10.1. The van der Waals surface area contributed by atoms with Crippen LogP contribution in [0.1, 0.15) is 18.9 Å². The Morgan fingerprint density at radius 1 is 1.50 bits per heavy atom. The van der Waals surface area contributed by atoms with Crippen molar-refractivity contribution >= 4 is 0 Å². The molecule has 0 aromatic carbocycles. The van der Waals surface area contributed by atoms with E-state index < -0.39 is 0 Å². The highest BCUT2D eigenvalue weighted by atomic mass is 16.3. The number of nitrogens with zero attached hydrogens (tertiary/aromatic N) is 1. The smallest absolute Gasteiger partial charge is 0.253 e. The van der Waals surface area contributed by atoms with Crippen LogP contribution in [0.5, 0.6) is 5.88 Å². The molecule has 1 N–H and O–H groups in total. The lowest BCUT2D eigenvalue weighted by Crippen LogP contribution is -2.15. The third-order valence-electron chi connectivity index (χ3n) is 1.84. The van der Waals surface area contributed by atoms with Gasteiger partial charge in [0.2, 0.25) is 0 Å². The van der Waals surface area contributed by atoms with E-state index in [1.807, 2.05) is 6.92 Å². The zero-order valence-corrected chi connectivity index (χ0v) is 7.37. The van der Waals surface area contributed by atoms with Crippen molar-refractivity contribution in [2.75, 3.05) is 0 Å². The van der Waals surface area contributed by atoms with Gasteiger partial charge in [0, 0.05) is 19.2 Å². The van der Waals surface area contributed by atoms with E-state index in [2.05, 4.69) is 0 Å². The lowest BCUT2D eigenvalue weighted by molar-refractivity contribution is 0.422. The molecule has 3 heteroatoms. The fourth-order valence-corrected chi connectivity index (χ4v) is 1.11. The van der Waals surface area contributed by atoms with E-state index in [4.69, 9.17) is 0 Å². The SMILES string of the molecule is CCCc1cc(O)n(C)c(=O)c1. The highest BCUT2D eigenvalue weighted by molar-refractivity contribution is 5.20. The first-order valence-electron chi connectivity index (χ1n) is 4.04. The molecule has 1 rings (SSSR count). The van der Waals surface area contributed by atoms with Gasteiger partial charge in [0.15, 0.2) is 5.88 Å². The van der Waals surface area contributed by atoms with Crippen LogP contribution in [0, 0.1) is 0 Å². The Balaban J connectivity index is 3.13. The van der Waals surface area contributed by atoms with Crippen LogP contribution in [0.3, 0.4) is 0 Å². The van der Waals surface area contributed by atoms with Crippen molar-refractivity contribution in [3.8, 4) is 5.88 Å². The first kappa shape index (κ1) is 8.84. The largest absolute Gasteiger partial charge is 0.494 e. The Hall–Kier alpha value is -1.25. The highest BCUT2D eigenvalue weighted by Gasteiger charge is 2.00. The van der Waals surface area contributed by atoms with Gasteiger partial charge in [-0.3, -0.25) is 9.36 Å². The van der Waals surface area contributed by atoms with Gasteiger partial charge in [-0.15, -0.1) is 0 Å².